The molecule has 2 amide bonds. The van der Waals surface area contributed by atoms with Gasteiger partial charge in [0.1, 0.15) is 5.75 Å². The number of hydrogen-bond donors (Lipinski definition) is 2. The van der Waals surface area contributed by atoms with Crippen molar-refractivity contribution in [1.29, 1.82) is 0 Å². The molecule has 0 saturated heterocycles. The second kappa shape index (κ2) is 6.83. The van der Waals surface area contributed by atoms with E-state index in [0.29, 0.717) is 23.6 Å². The summed E-state index contributed by atoms with van der Waals surface area (Å²) in [5.74, 6) is 0.166. The van der Waals surface area contributed by atoms with Gasteiger partial charge in [0.05, 0.1) is 25.3 Å². The van der Waals surface area contributed by atoms with Gasteiger partial charge in [0.2, 0.25) is 0 Å². The molecule has 0 saturated carbocycles. The zero-order valence-electron chi connectivity index (χ0n) is 12.5. The first-order valence-corrected chi connectivity index (χ1v) is 7.56. The number of ether oxygens (including phenoxy) is 2. The van der Waals surface area contributed by atoms with Gasteiger partial charge in [0.25, 0.3) is 0 Å². The second-order valence-electron chi connectivity index (χ2n) is 4.68. The van der Waals surface area contributed by atoms with Crippen molar-refractivity contribution in [3.63, 3.8) is 0 Å². The molecule has 2 rings (SSSR count). The zero-order valence-corrected chi connectivity index (χ0v) is 14.1. The molecule has 0 aromatic heterocycles. The second-order valence-corrected chi connectivity index (χ2v) is 5.53. The van der Waals surface area contributed by atoms with E-state index in [9.17, 15) is 9.59 Å². The minimum atomic E-state index is -0.615. The number of benzene rings is 1. The number of carbonyl (C=O) groups is 2. The normalized spacial score (nSPS) is 17.6. The van der Waals surface area contributed by atoms with Crippen molar-refractivity contribution < 1.29 is 19.1 Å². The summed E-state index contributed by atoms with van der Waals surface area (Å²) in [5.41, 5.74) is 1.55. The van der Waals surface area contributed by atoms with Crippen molar-refractivity contribution in [3.8, 4) is 5.75 Å². The van der Waals surface area contributed by atoms with Gasteiger partial charge >= 0.3 is 12.0 Å². The summed E-state index contributed by atoms with van der Waals surface area (Å²) in [4.78, 5) is 23.9. The molecule has 118 valence electrons. The van der Waals surface area contributed by atoms with Crippen molar-refractivity contribution in [2.75, 3.05) is 13.7 Å². The van der Waals surface area contributed by atoms with Gasteiger partial charge in [-0.2, -0.15) is 0 Å². The molecule has 6 nitrogen and oxygen atoms in total. The van der Waals surface area contributed by atoms with E-state index in [0.717, 1.165) is 10.0 Å². The number of carbonyl (C=O) groups excluding carboxylic acids is 2. The quantitative estimate of drug-likeness (QED) is 0.800. The minimum Gasteiger partial charge on any atom is -0.494 e. The average molecular weight is 369 g/mol. The van der Waals surface area contributed by atoms with E-state index in [1.165, 1.54) is 7.11 Å². The molecule has 7 heteroatoms. The Labute approximate surface area is 137 Å². The molecule has 1 aromatic rings. The number of amides is 2. The Kier molecular flexibility index (Phi) is 5.07. The van der Waals surface area contributed by atoms with Gasteiger partial charge in [-0.15, -0.1) is 0 Å². The van der Waals surface area contributed by atoms with E-state index < -0.39 is 12.0 Å². The van der Waals surface area contributed by atoms with Crippen LogP contribution in [0.25, 0.3) is 0 Å². The predicted octanol–water partition coefficient (Wildman–Crippen LogP) is 2.65. The van der Waals surface area contributed by atoms with Crippen LogP contribution in [0, 0.1) is 0 Å². The van der Waals surface area contributed by atoms with Crippen LogP contribution in [0.3, 0.4) is 0 Å². The highest BCUT2D eigenvalue weighted by Gasteiger charge is 2.33. The third-order valence-corrected chi connectivity index (χ3v) is 3.99. The highest BCUT2D eigenvalue weighted by atomic mass is 79.9. The summed E-state index contributed by atoms with van der Waals surface area (Å²) in [6, 6.07) is 4.44. The Bertz CT molecular complexity index is 642. The first-order chi connectivity index (χ1) is 10.5. The third-order valence-electron chi connectivity index (χ3n) is 3.26. The molecule has 0 fully saturated rings. The van der Waals surface area contributed by atoms with Crippen LogP contribution < -0.4 is 15.4 Å². The standard InChI is InChI=1S/C15H17BrN2O4/c1-4-22-9-5-6-11(16)10(7-9)13-12(14(19)21-3)8(2)17-15(20)18-13/h5-7,13H,4H2,1-3H3,(H2,17,18,20)/t13-/m1/s1. The number of methoxy groups -OCH3 is 1. The van der Waals surface area contributed by atoms with Gasteiger partial charge < -0.3 is 20.1 Å². The molecule has 1 aromatic carbocycles. The number of hydrogen-bond acceptors (Lipinski definition) is 4. The molecule has 0 unspecified atom stereocenters. The van der Waals surface area contributed by atoms with E-state index in [1.807, 2.05) is 19.1 Å². The fourth-order valence-corrected chi connectivity index (χ4v) is 2.78. The fourth-order valence-electron chi connectivity index (χ4n) is 2.31. The van der Waals surface area contributed by atoms with E-state index in [-0.39, 0.29) is 6.03 Å². The Morgan fingerprint density at radius 3 is 2.77 bits per heavy atom. The molecular weight excluding hydrogens is 352 g/mol. The molecule has 1 aliphatic rings. The van der Waals surface area contributed by atoms with E-state index in [4.69, 9.17) is 9.47 Å². The van der Waals surface area contributed by atoms with Crippen LogP contribution in [-0.4, -0.2) is 25.7 Å². The lowest BCUT2D eigenvalue weighted by atomic mass is 9.95. The monoisotopic (exact) mass is 368 g/mol. The molecule has 0 radical (unpaired) electrons. The highest BCUT2D eigenvalue weighted by Crippen LogP contribution is 2.34. The third kappa shape index (κ3) is 3.24. The summed E-state index contributed by atoms with van der Waals surface area (Å²) in [6.45, 7) is 4.08. The van der Waals surface area contributed by atoms with Crippen LogP contribution in [0.4, 0.5) is 4.79 Å². The molecular formula is C15H17BrN2O4. The maximum Gasteiger partial charge on any atom is 0.337 e. The van der Waals surface area contributed by atoms with Crippen LogP contribution in [0.1, 0.15) is 25.5 Å². The van der Waals surface area contributed by atoms with Gasteiger partial charge in [-0.25, -0.2) is 9.59 Å². The molecule has 22 heavy (non-hydrogen) atoms. The minimum absolute atomic E-state index is 0.358. The molecule has 2 N–H and O–H groups in total. The molecule has 0 bridgehead atoms. The van der Waals surface area contributed by atoms with Crippen molar-refractivity contribution in [3.05, 3.63) is 39.5 Å². The van der Waals surface area contributed by atoms with Gasteiger partial charge in [0, 0.05) is 10.2 Å². The summed E-state index contributed by atoms with van der Waals surface area (Å²) < 4.78 is 11.1. The Morgan fingerprint density at radius 2 is 2.14 bits per heavy atom. The molecule has 0 spiro atoms. The first kappa shape index (κ1) is 16.4. The Morgan fingerprint density at radius 1 is 1.41 bits per heavy atom. The van der Waals surface area contributed by atoms with Crippen molar-refractivity contribution >= 4 is 27.9 Å². The number of rotatable bonds is 4. The largest absolute Gasteiger partial charge is 0.494 e. The Hall–Kier alpha value is -2.02. The van der Waals surface area contributed by atoms with Crippen LogP contribution >= 0.6 is 15.9 Å². The predicted molar refractivity (Wildman–Crippen MR) is 84.4 cm³/mol. The fraction of sp³-hybridized carbons (Fsp3) is 0.333. The number of allylic oxidation sites excluding steroid dienone is 1. The van der Waals surface area contributed by atoms with Gasteiger partial charge in [-0.3, -0.25) is 0 Å². The van der Waals surface area contributed by atoms with Crippen molar-refractivity contribution in [2.45, 2.75) is 19.9 Å². The smallest absolute Gasteiger partial charge is 0.337 e. The molecule has 1 atom stereocenters. The molecule has 1 heterocycles. The topological polar surface area (TPSA) is 76.7 Å². The number of nitrogens with one attached hydrogen (secondary N) is 2. The lowest BCUT2D eigenvalue weighted by molar-refractivity contribution is -0.136. The SMILES string of the molecule is CCOc1ccc(Br)c([C@H]2NC(=O)NC(C)=C2C(=O)OC)c1. The van der Waals surface area contributed by atoms with Crippen molar-refractivity contribution in [1.82, 2.24) is 10.6 Å². The number of urea groups is 1. The summed E-state index contributed by atoms with van der Waals surface area (Å²) >= 11 is 3.45. The van der Waals surface area contributed by atoms with Gasteiger partial charge in [-0.1, -0.05) is 15.9 Å². The van der Waals surface area contributed by atoms with Gasteiger partial charge in [-0.05, 0) is 37.6 Å². The summed E-state index contributed by atoms with van der Waals surface area (Å²) in [5, 5.41) is 5.33. The Balaban J connectivity index is 2.52. The van der Waals surface area contributed by atoms with Crippen molar-refractivity contribution in [2.24, 2.45) is 0 Å². The lowest BCUT2D eigenvalue weighted by Crippen LogP contribution is -2.45. The summed E-state index contributed by atoms with van der Waals surface area (Å²) in [6.07, 6.45) is 0. The maximum atomic E-state index is 12.1. The molecule has 1 aliphatic heterocycles. The van der Waals surface area contributed by atoms with Crippen LogP contribution in [0.15, 0.2) is 33.9 Å². The van der Waals surface area contributed by atoms with E-state index in [2.05, 4.69) is 26.6 Å². The van der Waals surface area contributed by atoms with Crippen LogP contribution in [0.2, 0.25) is 0 Å². The van der Waals surface area contributed by atoms with E-state index in [1.54, 1.807) is 13.0 Å². The van der Waals surface area contributed by atoms with E-state index >= 15 is 0 Å². The maximum absolute atomic E-state index is 12.1. The number of halogens is 1. The summed E-state index contributed by atoms with van der Waals surface area (Å²) in [7, 11) is 1.31. The first-order valence-electron chi connectivity index (χ1n) is 6.76. The number of esters is 1. The highest BCUT2D eigenvalue weighted by molar-refractivity contribution is 9.10. The molecule has 0 aliphatic carbocycles. The average Bonchev–Trinajstić information content (AvgIpc) is 2.48. The zero-order chi connectivity index (χ0) is 16.3. The van der Waals surface area contributed by atoms with Gasteiger partial charge in [0.15, 0.2) is 0 Å². The van der Waals surface area contributed by atoms with Crippen LogP contribution in [-0.2, 0) is 9.53 Å². The van der Waals surface area contributed by atoms with Crippen LogP contribution in [0.5, 0.6) is 5.75 Å². The lowest BCUT2D eigenvalue weighted by Gasteiger charge is -2.28.